The smallest absolute Gasteiger partial charge is 0.0698 e. The summed E-state index contributed by atoms with van der Waals surface area (Å²) in [6.45, 7) is 0. The molecule has 0 saturated carbocycles. The molecule has 0 amide bonds. The van der Waals surface area contributed by atoms with Crippen LogP contribution in [-0.2, 0) is 5.41 Å². The Morgan fingerprint density at radius 3 is 1.70 bits per heavy atom. The highest BCUT2D eigenvalue weighted by molar-refractivity contribution is 9.10. The van der Waals surface area contributed by atoms with Crippen LogP contribution in [0.3, 0.4) is 0 Å². The maximum atomic E-state index is 3.72. The summed E-state index contributed by atoms with van der Waals surface area (Å²) in [4.78, 5) is 0.399. The number of allylic oxidation sites excluding steroid dienone is 4. The van der Waals surface area contributed by atoms with E-state index in [0.29, 0.717) is 4.83 Å². The van der Waals surface area contributed by atoms with Crippen molar-refractivity contribution in [2.45, 2.75) is 16.7 Å². The molecule has 0 saturated heterocycles. The molecule has 0 spiro atoms. The molecule has 1 unspecified atom stereocenters. The van der Waals surface area contributed by atoms with Crippen molar-refractivity contribution in [2.24, 2.45) is 0 Å². The first kappa shape index (κ1) is 18.5. The first-order valence-electron chi connectivity index (χ1n) is 9.11. The van der Waals surface area contributed by atoms with Gasteiger partial charge in [0.2, 0.25) is 0 Å². The van der Waals surface area contributed by atoms with E-state index in [1.807, 2.05) is 0 Å². The summed E-state index contributed by atoms with van der Waals surface area (Å²) < 4.78 is 1.09. The largest absolute Gasteiger partial charge is 0.0842 e. The van der Waals surface area contributed by atoms with Gasteiger partial charge in [-0.3, -0.25) is 0 Å². The summed E-state index contributed by atoms with van der Waals surface area (Å²) in [6, 6.07) is 30.4. The van der Waals surface area contributed by atoms with Crippen LogP contribution in [0.2, 0.25) is 0 Å². The highest BCUT2D eigenvalue weighted by Crippen LogP contribution is 2.47. The Labute approximate surface area is 177 Å². The van der Waals surface area contributed by atoms with Crippen LogP contribution in [0.1, 0.15) is 23.1 Å². The Kier molecular flexibility index (Phi) is 5.47. The minimum atomic E-state index is -0.340. The van der Waals surface area contributed by atoms with Gasteiger partial charge in [-0.1, -0.05) is 123 Å². The molecule has 0 fully saturated rings. The number of halogens is 2. The zero-order chi connectivity index (χ0) is 18.7. The summed E-state index contributed by atoms with van der Waals surface area (Å²) >= 11 is 7.32. The van der Waals surface area contributed by atoms with Crippen LogP contribution in [-0.4, -0.2) is 4.83 Å². The molecule has 3 aromatic rings. The molecular formula is C25H20Br2. The summed E-state index contributed by atoms with van der Waals surface area (Å²) in [7, 11) is 0. The molecule has 0 aliphatic heterocycles. The number of hydrogen-bond donors (Lipinski definition) is 0. The summed E-state index contributed by atoms with van der Waals surface area (Å²) in [6.07, 6.45) is 7.91. The number of alkyl halides is 1. The minimum Gasteiger partial charge on any atom is -0.0842 e. The third-order valence-electron chi connectivity index (χ3n) is 5.17. The quantitative estimate of drug-likeness (QED) is 0.269. The van der Waals surface area contributed by atoms with Crippen LogP contribution in [0.15, 0.2) is 113 Å². The zero-order valence-electron chi connectivity index (χ0n) is 14.9. The molecule has 0 aromatic heterocycles. The second-order valence-electron chi connectivity index (χ2n) is 6.76. The lowest BCUT2D eigenvalue weighted by Crippen LogP contribution is -2.32. The van der Waals surface area contributed by atoms with Gasteiger partial charge in [0, 0.05) is 9.30 Å². The van der Waals surface area contributed by atoms with E-state index in [0.717, 1.165) is 10.9 Å². The van der Waals surface area contributed by atoms with Crippen molar-refractivity contribution >= 4 is 31.9 Å². The molecule has 134 valence electrons. The van der Waals surface area contributed by atoms with E-state index >= 15 is 0 Å². The molecule has 0 heterocycles. The SMILES string of the molecule is Brc1ccc(C(C2=CCC(Br)C=C2)(c2ccccc2)c2ccccc2)cc1. The fourth-order valence-corrected chi connectivity index (χ4v) is 4.55. The van der Waals surface area contributed by atoms with Gasteiger partial charge in [0.1, 0.15) is 0 Å². The summed E-state index contributed by atoms with van der Waals surface area (Å²) in [5.74, 6) is 0. The third kappa shape index (κ3) is 3.49. The van der Waals surface area contributed by atoms with Gasteiger partial charge in [0.05, 0.1) is 5.41 Å². The molecule has 2 heteroatoms. The van der Waals surface area contributed by atoms with Crippen molar-refractivity contribution in [2.75, 3.05) is 0 Å². The second-order valence-corrected chi connectivity index (χ2v) is 8.85. The van der Waals surface area contributed by atoms with Gasteiger partial charge in [0.15, 0.2) is 0 Å². The number of rotatable bonds is 4. The normalized spacial score (nSPS) is 16.8. The van der Waals surface area contributed by atoms with Gasteiger partial charge < -0.3 is 0 Å². The van der Waals surface area contributed by atoms with Gasteiger partial charge in [-0.25, -0.2) is 0 Å². The molecule has 0 radical (unpaired) electrons. The molecule has 4 rings (SSSR count). The average Bonchev–Trinajstić information content (AvgIpc) is 2.73. The lowest BCUT2D eigenvalue weighted by Gasteiger charge is -2.38. The van der Waals surface area contributed by atoms with Crippen molar-refractivity contribution in [3.63, 3.8) is 0 Å². The fourth-order valence-electron chi connectivity index (χ4n) is 3.95. The van der Waals surface area contributed by atoms with E-state index in [2.05, 4.69) is 135 Å². The predicted octanol–water partition coefficient (Wildman–Crippen LogP) is 7.43. The Morgan fingerprint density at radius 1 is 0.704 bits per heavy atom. The molecule has 0 N–H and O–H groups in total. The van der Waals surface area contributed by atoms with E-state index in [4.69, 9.17) is 0 Å². The standard InChI is InChI=1S/C25H20Br2/c26-23-15-11-21(12-16-23)25(19-7-3-1-4-8-19,20-9-5-2-6-10-20)22-13-17-24(27)18-14-22/h1-17,24H,18H2. The summed E-state index contributed by atoms with van der Waals surface area (Å²) in [5, 5.41) is 0. The van der Waals surface area contributed by atoms with Crippen LogP contribution < -0.4 is 0 Å². The molecule has 1 atom stereocenters. The molecule has 1 aliphatic rings. The molecule has 0 bridgehead atoms. The van der Waals surface area contributed by atoms with Crippen molar-refractivity contribution in [3.8, 4) is 0 Å². The van der Waals surface area contributed by atoms with Gasteiger partial charge in [-0.15, -0.1) is 0 Å². The van der Waals surface area contributed by atoms with Crippen molar-refractivity contribution in [1.82, 2.24) is 0 Å². The minimum absolute atomic E-state index is 0.340. The molecular weight excluding hydrogens is 460 g/mol. The van der Waals surface area contributed by atoms with Gasteiger partial charge in [-0.2, -0.15) is 0 Å². The molecule has 0 nitrogen and oxygen atoms in total. The highest BCUT2D eigenvalue weighted by atomic mass is 79.9. The first-order valence-corrected chi connectivity index (χ1v) is 10.8. The Bertz CT molecular complexity index is 915. The lowest BCUT2D eigenvalue weighted by molar-refractivity contribution is 0.732. The molecule has 3 aromatic carbocycles. The Balaban J connectivity index is 2.06. The lowest BCUT2D eigenvalue weighted by atomic mass is 9.64. The Hall–Kier alpha value is -1.90. The summed E-state index contributed by atoms with van der Waals surface area (Å²) in [5.41, 5.74) is 4.81. The number of benzene rings is 3. The van der Waals surface area contributed by atoms with Crippen LogP contribution in [0, 0.1) is 0 Å². The first-order chi connectivity index (χ1) is 13.2. The van der Waals surface area contributed by atoms with E-state index in [1.54, 1.807) is 0 Å². The van der Waals surface area contributed by atoms with Gasteiger partial charge in [0.25, 0.3) is 0 Å². The predicted molar refractivity (Wildman–Crippen MR) is 121 cm³/mol. The maximum absolute atomic E-state index is 3.72. The topological polar surface area (TPSA) is 0 Å². The fraction of sp³-hybridized carbons (Fsp3) is 0.120. The van der Waals surface area contributed by atoms with Crippen LogP contribution in [0.4, 0.5) is 0 Å². The zero-order valence-corrected chi connectivity index (χ0v) is 18.0. The Morgan fingerprint density at radius 2 is 1.22 bits per heavy atom. The average molecular weight is 480 g/mol. The second kappa shape index (κ2) is 8.00. The van der Waals surface area contributed by atoms with Gasteiger partial charge in [-0.05, 0) is 40.8 Å². The maximum Gasteiger partial charge on any atom is 0.0698 e. The van der Waals surface area contributed by atoms with E-state index in [1.165, 1.54) is 22.3 Å². The van der Waals surface area contributed by atoms with Crippen LogP contribution in [0.5, 0.6) is 0 Å². The van der Waals surface area contributed by atoms with Crippen molar-refractivity contribution < 1.29 is 0 Å². The van der Waals surface area contributed by atoms with E-state index in [-0.39, 0.29) is 5.41 Å². The molecule has 1 aliphatic carbocycles. The van der Waals surface area contributed by atoms with Crippen LogP contribution in [0.25, 0.3) is 0 Å². The highest BCUT2D eigenvalue weighted by Gasteiger charge is 2.39. The van der Waals surface area contributed by atoms with E-state index < -0.39 is 0 Å². The number of hydrogen-bond acceptors (Lipinski definition) is 0. The molecule has 27 heavy (non-hydrogen) atoms. The van der Waals surface area contributed by atoms with Crippen LogP contribution >= 0.6 is 31.9 Å². The van der Waals surface area contributed by atoms with E-state index in [9.17, 15) is 0 Å². The van der Waals surface area contributed by atoms with Gasteiger partial charge >= 0.3 is 0 Å². The third-order valence-corrected chi connectivity index (χ3v) is 6.38. The van der Waals surface area contributed by atoms with Crippen molar-refractivity contribution in [3.05, 3.63) is 130 Å². The monoisotopic (exact) mass is 478 g/mol. The van der Waals surface area contributed by atoms with Crippen molar-refractivity contribution in [1.29, 1.82) is 0 Å².